The molecule has 1 aliphatic rings. The molecule has 0 radical (unpaired) electrons. The van der Waals surface area contributed by atoms with Gasteiger partial charge in [0.15, 0.2) is 5.79 Å². The van der Waals surface area contributed by atoms with E-state index in [0.717, 1.165) is 5.56 Å². The lowest BCUT2D eigenvalue weighted by atomic mass is 10.0. The van der Waals surface area contributed by atoms with Crippen LogP contribution in [0.5, 0.6) is 0 Å². The van der Waals surface area contributed by atoms with Gasteiger partial charge in [-0.1, -0.05) is 43.6 Å². The molecule has 8 heteroatoms. The van der Waals surface area contributed by atoms with Gasteiger partial charge in [0.2, 0.25) is 0 Å². The second-order valence-electron chi connectivity index (χ2n) is 5.16. The first kappa shape index (κ1) is 17.7. The van der Waals surface area contributed by atoms with Crippen LogP contribution in [0.1, 0.15) is 38.4 Å². The molecule has 1 fully saturated rings. The standard InChI is InChI=1S/C14H20ClNO5S/c1-3-14(4-2)20-12(9-16-22(17,18)19)13(21-14)10-7-5-6-8-11(10)15/h5-8,12-13,16H,3-4,9H2,1-2H3,(H,17,18,19). The SMILES string of the molecule is CCC1(CC)OC(CNS(=O)(=O)O)C(c2ccccc2Cl)O1. The maximum absolute atomic E-state index is 10.9. The highest BCUT2D eigenvalue weighted by atomic mass is 35.5. The Morgan fingerprint density at radius 3 is 2.45 bits per heavy atom. The van der Waals surface area contributed by atoms with Crippen molar-refractivity contribution in [2.75, 3.05) is 6.54 Å². The van der Waals surface area contributed by atoms with Gasteiger partial charge < -0.3 is 9.47 Å². The van der Waals surface area contributed by atoms with Crippen molar-refractivity contribution in [2.45, 2.75) is 44.7 Å². The van der Waals surface area contributed by atoms with E-state index >= 15 is 0 Å². The minimum atomic E-state index is -4.30. The normalized spacial score (nSPS) is 24.5. The van der Waals surface area contributed by atoms with Gasteiger partial charge in [-0.15, -0.1) is 0 Å². The van der Waals surface area contributed by atoms with Crippen molar-refractivity contribution in [1.29, 1.82) is 0 Å². The number of hydrogen-bond acceptors (Lipinski definition) is 4. The smallest absolute Gasteiger partial charge is 0.333 e. The Balaban J connectivity index is 2.29. The molecular weight excluding hydrogens is 330 g/mol. The first-order valence-electron chi connectivity index (χ1n) is 7.12. The van der Waals surface area contributed by atoms with E-state index in [1.807, 2.05) is 30.7 Å². The fourth-order valence-corrected chi connectivity index (χ4v) is 3.18. The van der Waals surface area contributed by atoms with Crippen LogP contribution in [0.15, 0.2) is 24.3 Å². The van der Waals surface area contributed by atoms with Crippen molar-refractivity contribution in [3.63, 3.8) is 0 Å². The van der Waals surface area contributed by atoms with Gasteiger partial charge in [0.1, 0.15) is 12.2 Å². The maximum Gasteiger partial charge on any atom is 0.333 e. The van der Waals surface area contributed by atoms with Crippen LogP contribution in [0.25, 0.3) is 0 Å². The number of nitrogens with one attached hydrogen (secondary N) is 1. The summed E-state index contributed by atoms with van der Waals surface area (Å²) in [4.78, 5) is 0. The number of hydrogen-bond donors (Lipinski definition) is 2. The second kappa shape index (κ2) is 6.82. The molecule has 0 bridgehead atoms. The summed E-state index contributed by atoms with van der Waals surface area (Å²) in [6, 6.07) is 7.19. The summed E-state index contributed by atoms with van der Waals surface area (Å²) in [7, 11) is -4.30. The van der Waals surface area contributed by atoms with Gasteiger partial charge in [-0.25, -0.2) is 0 Å². The van der Waals surface area contributed by atoms with Crippen LogP contribution in [0.2, 0.25) is 5.02 Å². The predicted octanol–water partition coefficient (Wildman–Crippen LogP) is 2.71. The van der Waals surface area contributed by atoms with Crippen LogP contribution >= 0.6 is 11.6 Å². The molecule has 1 aromatic carbocycles. The summed E-state index contributed by atoms with van der Waals surface area (Å²) in [5.74, 6) is -0.782. The van der Waals surface area contributed by atoms with Crippen molar-refractivity contribution >= 4 is 21.9 Å². The Morgan fingerprint density at radius 2 is 1.91 bits per heavy atom. The largest absolute Gasteiger partial charge is 0.342 e. The highest BCUT2D eigenvalue weighted by molar-refractivity contribution is 7.83. The summed E-state index contributed by atoms with van der Waals surface area (Å²) < 4.78 is 44.8. The van der Waals surface area contributed by atoms with E-state index in [1.165, 1.54) is 0 Å². The van der Waals surface area contributed by atoms with Gasteiger partial charge in [-0.2, -0.15) is 13.1 Å². The summed E-state index contributed by atoms with van der Waals surface area (Å²) in [5.41, 5.74) is 0.732. The number of halogens is 1. The maximum atomic E-state index is 10.9. The Hall–Kier alpha value is -0.700. The molecule has 2 N–H and O–H groups in total. The topological polar surface area (TPSA) is 84.9 Å². The Kier molecular flexibility index (Phi) is 5.47. The van der Waals surface area contributed by atoms with Gasteiger partial charge in [-0.3, -0.25) is 4.55 Å². The van der Waals surface area contributed by atoms with E-state index in [-0.39, 0.29) is 6.54 Å². The van der Waals surface area contributed by atoms with Gasteiger partial charge >= 0.3 is 10.3 Å². The van der Waals surface area contributed by atoms with Crippen LogP contribution in [-0.2, 0) is 19.8 Å². The lowest BCUT2D eigenvalue weighted by Gasteiger charge is -2.25. The molecule has 1 aliphatic heterocycles. The number of ether oxygens (including phenoxy) is 2. The van der Waals surface area contributed by atoms with E-state index in [4.69, 9.17) is 25.6 Å². The molecule has 1 heterocycles. The van der Waals surface area contributed by atoms with Crippen molar-refractivity contribution in [3.05, 3.63) is 34.9 Å². The molecular formula is C14H20ClNO5S. The predicted molar refractivity (Wildman–Crippen MR) is 83.0 cm³/mol. The zero-order valence-corrected chi connectivity index (χ0v) is 14.0. The molecule has 2 unspecified atom stereocenters. The van der Waals surface area contributed by atoms with Crippen molar-refractivity contribution in [3.8, 4) is 0 Å². The van der Waals surface area contributed by atoms with Crippen LogP contribution in [-0.4, -0.2) is 31.4 Å². The molecule has 0 saturated carbocycles. The molecule has 0 amide bonds. The van der Waals surface area contributed by atoms with Gasteiger partial charge in [0.05, 0.1) is 0 Å². The van der Waals surface area contributed by atoms with E-state index in [1.54, 1.807) is 12.1 Å². The third-order valence-electron chi connectivity index (χ3n) is 3.80. The summed E-state index contributed by atoms with van der Waals surface area (Å²) in [6.07, 6.45) is 0.143. The molecule has 1 aromatic rings. The molecule has 124 valence electrons. The Labute approximate surface area is 135 Å². The highest BCUT2D eigenvalue weighted by Gasteiger charge is 2.46. The van der Waals surface area contributed by atoms with E-state index in [9.17, 15) is 8.42 Å². The summed E-state index contributed by atoms with van der Waals surface area (Å²) in [6.45, 7) is 3.77. The zero-order chi connectivity index (χ0) is 16.4. The monoisotopic (exact) mass is 349 g/mol. The lowest BCUT2D eigenvalue weighted by Crippen LogP contribution is -2.35. The average Bonchev–Trinajstić information content (AvgIpc) is 2.85. The van der Waals surface area contributed by atoms with Gasteiger partial charge in [0.25, 0.3) is 0 Å². The van der Waals surface area contributed by atoms with E-state index < -0.39 is 28.3 Å². The second-order valence-corrected chi connectivity index (χ2v) is 6.80. The van der Waals surface area contributed by atoms with Crippen molar-refractivity contribution in [1.82, 2.24) is 4.72 Å². The Bertz CT molecular complexity index is 617. The average molecular weight is 350 g/mol. The molecule has 6 nitrogen and oxygen atoms in total. The fraction of sp³-hybridized carbons (Fsp3) is 0.571. The summed E-state index contributed by atoms with van der Waals surface area (Å²) in [5, 5.41) is 0.524. The number of rotatable bonds is 6. The van der Waals surface area contributed by atoms with Gasteiger partial charge in [0, 0.05) is 17.1 Å². The van der Waals surface area contributed by atoms with Gasteiger partial charge in [-0.05, 0) is 18.9 Å². The quantitative estimate of drug-likeness (QED) is 0.771. The molecule has 0 spiro atoms. The molecule has 1 saturated heterocycles. The van der Waals surface area contributed by atoms with E-state index in [0.29, 0.717) is 17.9 Å². The van der Waals surface area contributed by atoms with Crippen molar-refractivity contribution < 1.29 is 22.4 Å². The third kappa shape index (κ3) is 3.98. The highest BCUT2D eigenvalue weighted by Crippen LogP contribution is 2.43. The first-order chi connectivity index (χ1) is 10.3. The number of benzene rings is 1. The zero-order valence-electron chi connectivity index (χ0n) is 12.5. The molecule has 0 aliphatic carbocycles. The first-order valence-corrected chi connectivity index (χ1v) is 8.94. The fourth-order valence-electron chi connectivity index (χ4n) is 2.56. The van der Waals surface area contributed by atoms with Crippen LogP contribution < -0.4 is 4.72 Å². The minimum Gasteiger partial charge on any atom is -0.342 e. The lowest BCUT2D eigenvalue weighted by molar-refractivity contribution is -0.179. The van der Waals surface area contributed by atoms with Crippen LogP contribution in [0, 0.1) is 0 Å². The van der Waals surface area contributed by atoms with E-state index in [2.05, 4.69) is 0 Å². The van der Waals surface area contributed by atoms with Crippen LogP contribution in [0.3, 0.4) is 0 Å². The Morgan fingerprint density at radius 1 is 1.27 bits per heavy atom. The molecule has 0 aromatic heterocycles. The molecule has 2 atom stereocenters. The minimum absolute atomic E-state index is 0.101. The summed E-state index contributed by atoms with van der Waals surface area (Å²) >= 11 is 6.22. The van der Waals surface area contributed by atoms with Crippen molar-refractivity contribution in [2.24, 2.45) is 0 Å². The molecule has 22 heavy (non-hydrogen) atoms. The molecule has 2 rings (SSSR count). The van der Waals surface area contributed by atoms with Crippen LogP contribution in [0.4, 0.5) is 0 Å². The third-order valence-corrected chi connectivity index (χ3v) is 4.68.